The van der Waals surface area contributed by atoms with Gasteiger partial charge in [-0.25, -0.2) is 4.98 Å². The third-order valence-electron chi connectivity index (χ3n) is 5.43. The number of benzene rings is 2. The molecule has 1 aromatic heterocycles. The largest absolute Gasteiger partial charge is 0.323 e. The third kappa shape index (κ3) is 3.92. The van der Waals surface area contributed by atoms with E-state index in [1.807, 2.05) is 18.2 Å². The van der Waals surface area contributed by atoms with Crippen LogP contribution in [0.1, 0.15) is 42.6 Å². The highest BCUT2D eigenvalue weighted by atomic mass is 35.5. The molecule has 0 N–H and O–H groups in total. The quantitative estimate of drug-likeness (QED) is 0.563. The van der Waals surface area contributed by atoms with E-state index in [1.165, 1.54) is 0 Å². The number of hydrogen-bond acceptors (Lipinski definition) is 3. The Kier molecular flexibility index (Phi) is 5.39. The molecule has 0 spiro atoms. The van der Waals surface area contributed by atoms with Gasteiger partial charge < -0.3 is 4.57 Å². The Morgan fingerprint density at radius 2 is 1.93 bits per heavy atom. The summed E-state index contributed by atoms with van der Waals surface area (Å²) < 4.78 is 2.13. The van der Waals surface area contributed by atoms with Crippen LogP contribution in [0.4, 0.5) is 0 Å². The van der Waals surface area contributed by atoms with E-state index in [1.54, 1.807) is 18.2 Å². The standard InChI is InChI=1S/C22H19Cl2N3O/c23-17-4-7-19(24)16(11-17)13-27-21-9-15(12-25)3-8-20(21)26-22(27)10-14-1-5-18(28)6-2-14/h3-4,7-9,11,14H,1-2,5-6,10,13H2. The Bertz CT molecular complexity index is 1090. The lowest BCUT2D eigenvalue weighted by molar-refractivity contribution is -0.121. The van der Waals surface area contributed by atoms with Gasteiger partial charge in [-0.2, -0.15) is 5.26 Å². The molecule has 0 aliphatic heterocycles. The van der Waals surface area contributed by atoms with E-state index < -0.39 is 0 Å². The number of carbonyl (C=O) groups excluding carboxylic acids is 1. The summed E-state index contributed by atoms with van der Waals surface area (Å²) in [5.74, 6) is 1.76. The van der Waals surface area contributed by atoms with Gasteiger partial charge in [0.2, 0.25) is 0 Å². The van der Waals surface area contributed by atoms with Crippen molar-refractivity contribution in [1.29, 1.82) is 5.26 Å². The predicted molar refractivity (Wildman–Crippen MR) is 111 cm³/mol. The number of Topliss-reactive ketones (excluding diaryl/α,β-unsaturated/α-hetero) is 1. The monoisotopic (exact) mass is 411 g/mol. The second-order valence-electron chi connectivity index (χ2n) is 7.35. The molecule has 1 aliphatic rings. The average Bonchev–Trinajstić information content (AvgIpc) is 3.02. The highest BCUT2D eigenvalue weighted by Gasteiger charge is 2.22. The van der Waals surface area contributed by atoms with Gasteiger partial charge in [0.25, 0.3) is 0 Å². The molecule has 0 bridgehead atoms. The van der Waals surface area contributed by atoms with Crippen molar-refractivity contribution >= 4 is 40.0 Å². The van der Waals surface area contributed by atoms with Gasteiger partial charge in [-0.3, -0.25) is 4.79 Å². The number of carbonyl (C=O) groups is 1. The minimum Gasteiger partial charge on any atom is -0.323 e. The first-order chi connectivity index (χ1) is 13.5. The van der Waals surface area contributed by atoms with Crippen molar-refractivity contribution in [2.24, 2.45) is 5.92 Å². The van der Waals surface area contributed by atoms with Gasteiger partial charge in [0.05, 0.1) is 29.2 Å². The van der Waals surface area contributed by atoms with Crippen LogP contribution < -0.4 is 0 Å². The van der Waals surface area contributed by atoms with Crippen LogP contribution >= 0.6 is 23.2 Å². The van der Waals surface area contributed by atoms with Crippen LogP contribution in [0.2, 0.25) is 10.0 Å². The van der Waals surface area contributed by atoms with Crippen LogP contribution in [-0.2, 0) is 17.8 Å². The highest BCUT2D eigenvalue weighted by Crippen LogP contribution is 2.29. The Morgan fingerprint density at radius 3 is 2.68 bits per heavy atom. The van der Waals surface area contributed by atoms with Crippen molar-refractivity contribution in [3.05, 3.63) is 63.4 Å². The molecule has 3 aromatic rings. The minimum atomic E-state index is 0.356. The Labute approximate surface area is 173 Å². The number of aromatic nitrogens is 2. The topological polar surface area (TPSA) is 58.7 Å². The Hall–Kier alpha value is -2.35. The summed E-state index contributed by atoms with van der Waals surface area (Å²) in [6, 6.07) is 13.2. The fraction of sp³-hybridized carbons (Fsp3) is 0.318. The van der Waals surface area contributed by atoms with Gasteiger partial charge in [0, 0.05) is 29.3 Å². The summed E-state index contributed by atoms with van der Waals surface area (Å²) in [5.41, 5.74) is 3.28. The number of rotatable bonds is 4. The summed E-state index contributed by atoms with van der Waals surface area (Å²) in [7, 11) is 0. The van der Waals surface area contributed by atoms with Crippen molar-refractivity contribution in [1.82, 2.24) is 9.55 Å². The van der Waals surface area contributed by atoms with Gasteiger partial charge in [-0.1, -0.05) is 23.2 Å². The number of nitriles is 1. The summed E-state index contributed by atoms with van der Waals surface area (Å²) >= 11 is 12.6. The van der Waals surface area contributed by atoms with E-state index in [9.17, 15) is 10.1 Å². The van der Waals surface area contributed by atoms with Gasteiger partial charge in [-0.15, -0.1) is 0 Å². The van der Waals surface area contributed by atoms with E-state index in [0.29, 0.717) is 46.7 Å². The van der Waals surface area contributed by atoms with Gasteiger partial charge in [0.15, 0.2) is 0 Å². The molecule has 2 aromatic carbocycles. The zero-order valence-corrected chi connectivity index (χ0v) is 16.8. The molecular weight excluding hydrogens is 393 g/mol. The molecule has 0 atom stereocenters. The van der Waals surface area contributed by atoms with E-state index >= 15 is 0 Å². The lowest BCUT2D eigenvalue weighted by atomic mass is 9.86. The number of ketones is 1. The first-order valence-electron chi connectivity index (χ1n) is 9.38. The Morgan fingerprint density at radius 1 is 1.14 bits per heavy atom. The van der Waals surface area contributed by atoms with E-state index in [4.69, 9.17) is 28.2 Å². The van der Waals surface area contributed by atoms with Crippen LogP contribution in [0.3, 0.4) is 0 Å². The molecule has 0 saturated heterocycles. The summed E-state index contributed by atoms with van der Waals surface area (Å²) in [4.78, 5) is 16.4. The molecule has 4 nitrogen and oxygen atoms in total. The molecule has 0 unspecified atom stereocenters. The molecule has 0 amide bonds. The number of halogens is 2. The van der Waals surface area contributed by atoms with Crippen molar-refractivity contribution in [3.63, 3.8) is 0 Å². The zero-order chi connectivity index (χ0) is 19.7. The zero-order valence-electron chi connectivity index (χ0n) is 15.3. The van der Waals surface area contributed by atoms with Crippen molar-refractivity contribution < 1.29 is 4.79 Å². The predicted octanol–water partition coefficient (Wildman–Crippen LogP) is 5.56. The van der Waals surface area contributed by atoms with Crippen LogP contribution in [-0.4, -0.2) is 15.3 Å². The maximum absolute atomic E-state index is 11.6. The van der Waals surface area contributed by atoms with Gasteiger partial charge in [0.1, 0.15) is 11.6 Å². The molecule has 6 heteroatoms. The van der Waals surface area contributed by atoms with Crippen LogP contribution in [0.5, 0.6) is 0 Å². The second-order valence-corrected chi connectivity index (χ2v) is 8.20. The van der Waals surface area contributed by atoms with Crippen LogP contribution in [0.15, 0.2) is 36.4 Å². The number of fused-ring (bicyclic) bond motifs is 1. The molecule has 0 radical (unpaired) electrons. The molecule has 28 heavy (non-hydrogen) atoms. The van der Waals surface area contributed by atoms with Crippen LogP contribution in [0, 0.1) is 17.2 Å². The maximum atomic E-state index is 11.6. The van der Waals surface area contributed by atoms with E-state index in [-0.39, 0.29) is 0 Å². The molecular formula is C22H19Cl2N3O. The van der Waals surface area contributed by atoms with Gasteiger partial charge in [-0.05, 0) is 60.7 Å². The average molecular weight is 412 g/mol. The fourth-order valence-corrected chi connectivity index (χ4v) is 4.24. The first-order valence-corrected chi connectivity index (χ1v) is 10.1. The molecule has 4 rings (SSSR count). The molecule has 142 valence electrons. The fourth-order valence-electron chi connectivity index (χ4n) is 3.87. The van der Waals surface area contributed by atoms with Crippen molar-refractivity contribution in [3.8, 4) is 6.07 Å². The maximum Gasteiger partial charge on any atom is 0.132 e. The molecule has 1 fully saturated rings. The molecule has 1 heterocycles. The number of nitrogens with zero attached hydrogens (tertiary/aromatic N) is 3. The smallest absolute Gasteiger partial charge is 0.132 e. The van der Waals surface area contributed by atoms with E-state index in [0.717, 1.165) is 41.7 Å². The SMILES string of the molecule is N#Cc1ccc2nc(CC3CCC(=O)CC3)n(Cc3cc(Cl)ccc3Cl)c2c1. The lowest BCUT2D eigenvalue weighted by Gasteiger charge is -2.21. The van der Waals surface area contributed by atoms with Crippen molar-refractivity contribution in [2.75, 3.05) is 0 Å². The molecule has 1 saturated carbocycles. The van der Waals surface area contributed by atoms with Crippen molar-refractivity contribution in [2.45, 2.75) is 38.6 Å². The van der Waals surface area contributed by atoms with E-state index in [2.05, 4.69) is 10.6 Å². The third-order valence-corrected chi connectivity index (χ3v) is 6.03. The summed E-state index contributed by atoms with van der Waals surface area (Å²) in [5, 5.41) is 10.6. The highest BCUT2D eigenvalue weighted by molar-refractivity contribution is 6.33. The normalized spacial score (nSPS) is 15.1. The minimum absolute atomic E-state index is 0.356. The molecule has 1 aliphatic carbocycles. The Balaban J connectivity index is 1.75. The van der Waals surface area contributed by atoms with Gasteiger partial charge >= 0.3 is 0 Å². The summed E-state index contributed by atoms with van der Waals surface area (Å²) in [6.07, 6.45) is 3.93. The van der Waals surface area contributed by atoms with Crippen LogP contribution in [0.25, 0.3) is 11.0 Å². The number of imidazole rings is 1. The first kappa shape index (κ1) is 19.0. The number of hydrogen-bond donors (Lipinski definition) is 0. The lowest BCUT2D eigenvalue weighted by Crippen LogP contribution is -2.18. The second kappa shape index (κ2) is 7.95. The summed E-state index contributed by atoms with van der Waals surface area (Å²) in [6.45, 7) is 0.533.